The third kappa shape index (κ3) is 6.26. The maximum atomic E-state index is 14.0. The Labute approximate surface area is 238 Å². The van der Waals surface area contributed by atoms with Crippen LogP contribution in [0.2, 0.25) is 0 Å². The summed E-state index contributed by atoms with van der Waals surface area (Å²) in [5.74, 6) is 0.0122. The van der Waals surface area contributed by atoms with Crippen LogP contribution in [-0.4, -0.2) is 77.3 Å². The van der Waals surface area contributed by atoms with Gasteiger partial charge < -0.3 is 29.0 Å². The molecule has 6 rings (SSSR count). The molecule has 0 aliphatic carbocycles. The number of nitrogens with zero attached hydrogens (tertiary/aromatic N) is 5. The molecule has 2 amide bonds. The minimum atomic E-state index is -0.900. The van der Waals surface area contributed by atoms with E-state index in [-0.39, 0.29) is 31.0 Å². The molecular weight excluding hydrogens is 524 g/mol. The van der Waals surface area contributed by atoms with E-state index in [2.05, 4.69) is 20.5 Å². The lowest BCUT2D eigenvalue weighted by molar-refractivity contribution is -0.142. The summed E-state index contributed by atoms with van der Waals surface area (Å²) >= 11 is 0. The van der Waals surface area contributed by atoms with Crippen LogP contribution < -0.4 is 10.2 Å². The van der Waals surface area contributed by atoms with E-state index >= 15 is 0 Å². The van der Waals surface area contributed by atoms with Crippen molar-refractivity contribution in [2.24, 2.45) is 0 Å². The van der Waals surface area contributed by atoms with Gasteiger partial charge in [0.25, 0.3) is 0 Å². The molecular formula is C30H34N6O5. The second-order valence-corrected chi connectivity index (χ2v) is 10.3. The SMILES string of the molecule is O=C(NCC1CCCO1)C(c1ccc(N2CCOCC2)cc1)N(Cc1ccco1)C(=O)Cn1nnc2ccccc21. The molecule has 214 valence electrons. The monoisotopic (exact) mass is 558 g/mol. The molecule has 2 aliphatic rings. The van der Waals surface area contributed by atoms with Crippen LogP contribution in [0, 0.1) is 0 Å². The first-order valence-electron chi connectivity index (χ1n) is 14.1. The normalized spacial score (nSPS) is 18.0. The number of para-hydroxylation sites is 1. The van der Waals surface area contributed by atoms with Crippen LogP contribution in [0.15, 0.2) is 71.3 Å². The number of aromatic nitrogens is 3. The standard InChI is InChI=1S/C30H34N6O5/c37-28(21-36-27-8-2-1-7-26(27)32-33-36)35(20-25-6-4-16-41-25)29(30(38)31-19-24-5-3-15-40-24)22-9-11-23(12-10-22)34-13-17-39-18-14-34/h1-2,4,6-12,16,24,29H,3,5,13-15,17-21H2,(H,31,38). The number of anilines is 1. The molecule has 0 radical (unpaired) electrons. The number of morpholine rings is 1. The van der Waals surface area contributed by atoms with Crippen LogP contribution in [0.4, 0.5) is 5.69 Å². The third-order valence-electron chi connectivity index (χ3n) is 7.60. The molecule has 0 saturated carbocycles. The molecule has 2 fully saturated rings. The number of benzene rings is 2. The number of carbonyl (C=O) groups is 2. The largest absolute Gasteiger partial charge is 0.467 e. The Morgan fingerprint density at radius 2 is 1.85 bits per heavy atom. The van der Waals surface area contributed by atoms with Gasteiger partial charge in [0.1, 0.15) is 23.9 Å². The zero-order chi connectivity index (χ0) is 28.0. The minimum absolute atomic E-state index is 0.0287. The van der Waals surface area contributed by atoms with Crippen molar-refractivity contribution in [3.05, 3.63) is 78.3 Å². The van der Waals surface area contributed by atoms with E-state index in [1.165, 1.54) is 0 Å². The number of nitrogens with one attached hydrogen (secondary N) is 1. The Morgan fingerprint density at radius 1 is 1.02 bits per heavy atom. The van der Waals surface area contributed by atoms with E-state index in [1.807, 2.05) is 48.5 Å². The zero-order valence-electron chi connectivity index (χ0n) is 22.9. The Balaban J connectivity index is 1.32. The van der Waals surface area contributed by atoms with Crippen molar-refractivity contribution in [1.82, 2.24) is 25.2 Å². The summed E-state index contributed by atoms with van der Waals surface area (Å²) in [5.41, 5.74) is 3.19. The zero-order valence-corrected chi connectivity index (χ0v) is 22.9. The van der Waals surface area contributed by atoms with Crippen molar-refractivity contribution in [2.75, 3.05) is 44.4 Å². The fourth-order valence-corrected chi connectivity index (χ4v) is 5.43. The molecule has 2 saturated heterocycles. The lowest BCUT2D eigenvalue weighted by Crippen LogP contribution is -2.46. The highest BCUT2D eigenvalue weighted by Crippen LogP contribution is 2.28. The van der Waals surface area contributed by atoms with E-state index in [9.17, 15) is 9.59 Å². The van der Waals surface area contributed by atoms with E-state index in [1.54, 1.807) is 28.0 Å². The summed E-state index contributed by atoms with van der Waals surface area (Å²) in [6, 6.07) is 18.0. The maximum absolute atomic E-state index is 14.0. The lowest BCUT2D eigenvalue weighted by atomic mass is 10.0. The third-order valence-corrected chi connectivity index (χ3v) is 7.60. The Kier molecular flexibility index (Phi) is 8.24. The summed E-state index contributed by atoms with van der Waals surface area (Å²) in [6.07, 6.45) is 3.40. The van der Waals surface area contributed by atoms with Crippen molar-refractivity contribution < 1.29 is 23.5 Å². The number of carbonyl (C=O) groups excluding carboxylic acids is 2. The second kappa shape index (κ2) is 12.5. The fraction of sp³-hybridized carbons (Fsp3) is 0.400. The molecule has 2 aromatic heterocycles. The highest BCUT2D eigenvalue weighted by molar-refractivity contribution is 5.89. The quantitative estimate of drug-likeness (QED) is 0.316. The van der Waals surface area contributed by atoms with Crippen molar-refractivity contribution >= 4 is 28.5 Å². The van der Waals surface area contributed by atoms with E-state index in [0.29, 0.717) is 43.2 Å². The van der Waals surface area contributed by atoms with Gasteiger partial charge in [-0.3, -0.25) is 9.59 Å². The summed E-state index contributed by atoms with van der Waals surface area (Å²) in [7, 11) is 0. The predicted octanol–water partition coefficient (Wildman–Crippen LogP) is 2.93. The summed E-state index contributed by atoms with van der Waals surface area (Å²) < 4.78 is 18.4. The van der Waals surface area contributed by atoms with Crippen LogP contribution >= 0.6 is 0 Å². The highest BCUT2D eigenvalue weighted by Gasteiger charge is 2.33. The van der Waals surface area contributed by atoms with Crippen LogP contribution in [0.25, 0.3) is 11.0 Å². The van der Waals surface area contributed by atoms with Gasteiger partial charge in [-0.1, -0.05) is 29.5 Å². The number of amides is 2. The lowest BCUT2D eigenvalue weighted by Gasteiger charge is -2.32. The highest BCUT2D eigenvalue weighted by atomic mass is 16.5. The molecule has 2 atom stereocenters. The first-order chi connectivity index (χ1) is 20.2. The number of furan rings is 1. The van der Waals surface area contributed by atoms with E-state index < -0.39 is 6.04 Å². The van der Waals surface area contributed by atoms with Gasteiger partial charge in [0.2, 0.25) is 11.8 Å². The van der Waals surface area contributed by atoms with Crippen LogP contribution in [0.3, 0.4) is 0 Å². The molecule has 4 aromatic rings. The van der Waals surface area contributed by atoms with E-state index in [4.69, 9.17) is 13.9 Å². The van der Waals surface area contributed by atoms with Gasteiger partial charge >= 0.3 is 0 Å². The Morgan fingerprint density at radius 3 is 2.61 bits per heavy atom. The number of rotatable bonds is 10. The van der Waals surface area contributed by atoms with Gasteiger partial charge in [0.05, 0.1) is 37.6 Å². The van der Waals surface area contributed by atoms with E-state index in [0.717, 1.165) is 37.1 Å². The summed E-state index contributed by atoms with van der Waals surface area (Å²) in [4.78, 5) is 31.8. The average molecular weight is 559 g/mol. The maximum Gasteiger partial charge on any atom is 0.247 e. The fourth-order valence-electron chi connectivity index (χ4n) is 5.43. The van der Waals surface area contributed by atoms with Gasteiger partial charge in [0, 0.05) is 31.9 Å². The van der Waals surface area contributed by atoms with Gasteiger partial charge in [-0.2, -0.15) is 0 Å². The second-order valence-electron chi connectivity index (χ2n) is 10.3. The van der Waals surface area contributed by atoms with Crippen LogP contribution in [0.5, 0.6) is 0 Å². The first kappa shape index (κ1) is 27.0. The number of hydrogen-bond donors (Lipinski definition) is 1. The molecule has 11 nitrogen and oxygen atoms in total. The van der Waals surface area contributed by atoms with Gasteiger partial charge in [-0.15, -0.1) is 5.10 Å². The molecule has 41 heavy (non-hydrogen) atoms. The first-order valence-corrected chi connectivity index (χ1v) is 14.1. The topological polar surface area (TPSA) is 115 Å². The molecule has 2 unspecified atom stereocenters. The number of hydrogen-bond acceptors (Lipinski definition) is 8. The van der Waals surface area contributed by atoms with Crippen LogP contribution in [0.1, 0.15) is 30.2 Å². The summed E-state index contributed by atoms with van der Waals surface area (Å²) in [6.45, 7) is 4.08. The Bertz CT molecular complexity index is 1440. The predicted molar refractivity (Wildman–Crippen MR) is 151 cm³/mol. The van der Waals surface area contributed by atoms with Crippen molar-refractivity contribution in [3.63, 3.8) is 0 Å². The molecule has 11 heteroatoms. The molecule has 2 aromatic carbocycles. The number of fused-ring (bicyclic) bond motifs is 1. The molecule has 1 N–H and O–H groups in total. The number of ether oxygens (including phenoxy) is 2. The Hall–Kier alpha value is -4.22. The summed E-state index contributed by atoms with van der Waals surface area (Å²) in [5, 5.41) is 11.5. The molecule has 0 bridgehead atoms. The molecule has 2 aliphatic heterocycles. The van der Waals surface area contributed by atoms with Crippen molar-refractivity contribution in [2.45, 2.75) is 38.1 Å². The molecule has 0 spiro atoms. The minimum Gasteiger partial charge on any atom is -0.467 e. The average Bonchev–Trinajstić information content (AvgIpc) is 3.80. The van der Waals surface area contributed by atoms with Gasteiger partial charge in [0.15, 0.2) is 0 Å². The van der Waals surface area contributed by atoms with Gasteiger partial charge in [-0.25, -0.2) is 4.68 Å². The van der Waals surface area contributed by atoms with Crippen molar-refractivity contribution in [1.29, 1.82) is 0 Å². The molecule has 4 heterocycles. The smallest absolute Gasteiger partial charge is 0.247 e. The van der Waals surface area contributed by atoms with Gasteiger partial charge in [-0.05, 0) is 54.8 Å². The van der Waals surface area contributed by atoms with Crippen LogP contribution in [-0.2, 0) is 32.2 Å². The van der Waals surface area contributed by atoms with Crippen molar-refractivity contribution in [3.8, 4) is 0 Å².